The molecule has 0 aliphatic rings. The van der Waals surface area contributed by atoms with E-state index in [0.29, 0.717) is 19.6 Å². The second kappa shape index (κ2) is 6.89. The van der Waals surface area contributed by atoms with Gasteiger partial charge in [0.05, 0.1) is 12.1 Å². The van der Waals surface area contributed by atoms with Crippen LogP contribution in [0.4, 0.5) is 4.79 Å². The van der Waals surface area contributed by atoms with Gasteiger partial charge in [-0.3, -0.25) is 4.98 Å². The van der Waals surface area contributed by atoms with Gasteiger partial charge in [0.2, 0.25) is 0 Å². The zero-order valence-corrected chi connectivity index (χ0v) is 13.7. The number of hydrogen-bond donors (Lipinski definition) is 2. The lowest BCUT2D eigenvalue weighted by atomic mass is 9.85. The molecular weight excluding hydrogens is 266 g/mol. The Morgan fingerprint density at radius 2 is 1.86 bits per heavy atom. The molecule has 2 N–H and O–H groups in total. The number of carbonyl (C=O) groups is 1. The predicted molar refractivity (Wildman–Crippen MR) is 84.2 cm³/mol. The van der Waals surface area contributed by atoms with Gasteiger partial charge >= 0.3 is 6.03 Å². The molecule has 2 amide bonds. The molecule has 0 saturated heterocycles. The third kappa shape index (κ3) is 5.71. The highest BCUT2D eigenvalue weighted by molar-refractivity contribution is 5.74. The molecule has 0 unspecified atom stereocenters. The number of rotatable bonds is 6. The number of amides is 2. The van der Waals surface area contributed by atoms with Gasteiger partial charge in [0.15, 0.2) is 0 Å². The van der Waals surface area contributed by atoms with Crippen LogP contribution in [-0.4, -0.2) is 46.3 Å². The Balaban J connectivity index is 2.63. The van der Waals surface area contributed by atoms with Crippen LogP contribution >= 0.6 is 0 Å². The number of aromatic nitrogens is 1. The lowest BCUT2D eigenvalue weighted by molar-refractivity contribution is 0.0478. The van der Waals surface area contributed by atoms with Crippen LogP contribution in [0.25, 0.3) is 0 Å². The molecular formula is C16H27N3O2. The third-order valence-electron chi connectivity index (χ3n) is 3.39. The zero-order valence-electron chi connectivity index (χ0n) is 13.7. The first-order valence-corrected chi connectivity index (χ1v) is 7.31. The second-order valence-electron chi connectivity index (χ2n) is 6.61. The predicted octanol–water partition coefficient (Wildman–Crippen LogP) is 2.16. The number of aliphatic hydroxyl groups is 1. The molecule has 1 rings (SSSR count). The van der Waals surface area contributed by atoms with Crippen molar-refractivity contribution in [3.8, 4) is 0 Å². The Morgan fingerprint density at radius 3 is 2.33 bits per heavy atom. The molecule has 118 valence electrons. The van der Waals surface area contributed by atoms with E-state index in [0.717, 1.165) is 5.56 Å². The summed E-state index contributed by atoms with van der Waals surface area (Å²) in [5, 5.41) is 12.8. The van der Waals surface area contributed by atoms with Crippen molar-refractivity contribution in [2.45, 2.75) is 45.6 Å². The molecule has 1 aromatic rings. The first kappa shape index (κ1) is 17.4. The molecule has 21 heavy (non-hydrogen) atoms. The van der Waals surface area contributed by atoms with E-state index >= 15 is 0 Å². The van der Waals surface area contributed by atoms with Gasteiger partial charge in [-0.05, 0) is 38.5 Å². The summed E-state index contributed by atoms with van der Waals surface area (Å²) >= 11 is 0. The van der Waals surface area contributed by atoms with Crippen LogP contribution in [0.1, 0.15) is 40.2 Å². The zero-order chi connectivity index (χ0) is 16.1. The molecule has 0 aliphatic heterocycles. The lowest BCUT2D eigenvalue weighted by Gasteiger charge is -2.31. The van der Waals surface area contributed by atoms with Crippen molar-refractivity contribution in [3.63, 3.8) is 0 Å². The number of likely N-dealkylation sites (N-methyl/N-ethyl adjacent to an activating group) is 1. The number of nitrogens with zero attached hydrogens (tertiary/aromatic N) is 2. The van der Waals surface area contributed by atoms with Crippen LogP contribution in [0, 0.1) is 0 Å². The number of urea groups is 1. The summed E-state index contributed by atoms with van der Waals surface area (Å²) in [6.45, 7) is 10.9. The summed E-state index contributed by atoms with van der Waals surface area (Å²) in [5.41, 5.74) is 0.0594. The monoisotopic (exact) mass is 293 g/mol. The van der Waals surface area contributed by atoms with Crippen molar-refractivity contribution < 1.29 is 9.90 Å². The first-order valence-electron chi connectivity index (χ1n) is 7.31. The van der Waals surface area contributed by atoms with Gasteiger partial charge in [-0.1, -0.05) is 13.8 Å². The molecule has 0 radical (unpaired) electrons. The highest BCUT2D eigenvalue weighted by Gasteiger charge is 2.25. The lowest BCUT2D eigenvalue weighted by Crippen LogP contribution is -2.49. The average molecular weight is 293 g/mol. The van der Waals surface area contributed by atoms with Crippen molar-refractivity contribution in [2.24, 2.45) is 0 Å². The highest BCUT2D eigenvalue weighted by Crippen LogP contribution is 2.21. The number of carbonyl (C=O) groups excluding carboxylic acids is 1. The molecule has 0 fully saturated rings. The second-order valence-corrected chi connectivity index (χ2v) is 6.61. The summed E-state index contributed by atoms with van der Waals surface area (Å²) in [7, 11) is 0. The van der Waals surface area contributed by atoms with E-state index in [1.807, 2.05) is 19.1 Å². The molecule has 0 spiro atoms. The maximum atomic E-state index is 12.2. The summed E-state index contributed by atoms with van der Waals surface area (Å²) < 4.78 is 0. The fourth-order valence-corrected chi connectivity index (χ4v) is 2.11. The largest absolute Gasteiger partial charge is 0.389 e. The van der Waals surface area contributed by atoms with Gasteiger partial charge < -0.3 is 15.3 Å². The average Bonchev–Trinajstić information content (AvgIpc) is 2.42. The maximum Gasteiger partial charge on any atom is 0.317 e. The summed E-state index contributed by atoms with van der Waals surface area (Å²) in [6, 6.07) is 3.77. The van der Waals surface area contributed by atoms with Crippen LogP contribution in [0.2, 0.25) is 0 Å². The summed E-state index contributed by atoms with van der Waals surface area (Å²) in [4.78, 5) is 17.8. The fraction of sp³-hybridized carbons (Fsp3) is 0.625. The number of nitrogens with one attached hydrogen (secondary N) is 1. The van der Waals surface area contributed by atoms with Gasteiger partial charge in [0.25, 0.3) is 0 Å². The standard InChI is InChI=1S/C16H27N3O2/c1-6-19(12-16(4,5)21)14(20)18-11-15(2,3)13-7-9-17-10-8-13/h7-10,21H,6,11-12H2,1-5H3,(H,18,20). The van der Waals surface area contributed by atoms with Crippen LogP contribution in [0.15, 0.2) is 24.5 Å². The van der Waals surface area contributed by atoms with E-state index in [2.05, 4.69) is 24.1 Å². The topological polar surface area (TPSA) is 65.5 Å². The van der Waals surface area contributed by atoms with Crippen LogP contribution < -0.4 is 5.32 Å². The Labute approximate surface area is 127 Å². The minimum atomic E-state index is -0.895. The SMILES string of the molecule is CCN(CC(C)(C)O)C(=O)NCC(C)(C)c1ccncc1. The van der Waals surface area contributed by atoms with Crippen LogP contribution in [0.3, 0.4) is 0 Å². The van der Waals surface area contributed by atoms with E-state index in [-0.39, 0.29) is 11.4 Å². The minimum Gasteiger partial charge on any atom is -0.389 e. The van der Waals surface area contributed by atoms with Gasteiger partial charge in [-0.25, -0.2) is 4.79 Å². The molecule has 0 aromatic carbocycles. The molecule has 1 aromatic heterocycles. The molecule has 1 heterocycles. The Kier molecular flexibility index (Phi) is 5.72. The minimum absolute atomic E-state index is 0.151. The molecule has 5 nitrogen and oxygen atoms in total. The molecule has 0 aliphatic carbocycles. The Morgan fingerprint density at radius 1 is 1.29 bits per heavy atom. The molecule has 0 saturated carbocycles. The summed E-state index contributed by atoms with van der Waals surface area (Å²) in [6.07, 6.45) is 3.51. The summed E-state index contributed by atoms with van der Waals surface area (Å²) in [5.74, 6) is 0. The normalized spacial score (nSPS) is 12.1. The van der Waals surface area contributed by atoms with E-state index in [1.54, 1.807) is 31.1 Å². The molecule has 5 heteroatoms. The smallest absolute Gasteiger partial charge is 0.317 e. The van der Waals surface area contributed by atoms with Gasteiger partial charge in [-0.15, -0.1) is 0 Å². The van der Waals surface area contributed by atoms with E-state index in [1.165, 1.54) is 0 Å². The Hall–Kier alpha value is -1.62. The number of pyridine rings is 1. The van der Waals surface area contributed by atoms with E-state index < -0.39 is 5.60 Å². The maximum absolute atomic E-state index is 12.2. The van der Waals surface area contributed by atoms with Crippen LogP contribution in [-0.2, 0) is 5.41 Å². The van der Waals surface area contributed by atoms with Gasteiger partial charge in [0, 0.05) is 30.9 Å². The van der Waals surface area contributed by atoms with Crippen molar-refractivity contribution in [1.82, 2.24) is 15.2 Å². The molecule has 0 atom stereocenters. The highest BCUT2D eigenvalue weighted by atomic mass is 16.3. The van der Waals surface area contributed by atoms with Crippen molar-refractivity contribution >= 4 is 6.03 Å². The third-order valence-corrected chi connectivity index (χ3v) is 3.39. The Bertz CT molecular complexity index is 452. The quantitative estimate of drug-likeness (QED) is 0.844. The van der Waals surface area contributed by atoms with E-state index in [4.69, 9.17) is 0 Å². The number of hydrogen-bond acceptors (Lipinski definition) is 3. The fourth-order valence-electron chi connectivity index (χ4n) is 2.11. The van der Waals surface area contributed by atoms with Crippen molar-refractivity contribution in [1.29, 1.82) is 0 Å². The van der Waals surface area contributed by atoms with E-state index in [9.17, 15) is 9.90 Å². The van der Waals surface area contributed by atoms with Gasteiger partial charge in [0.1, 0.15) is 0 Å². The van der Waals surface area contributed by atoms with Crippen molar-refractivity contribution in [2.75, 3.05) is 19.6 Å². The first-order chi connectivity index (χ1) is 9.65. The van der Waals surface area contributed by atoms with Gasteiger partial charge in [-0.2, -0.15) is 0 Å². The van der Waals surface area contributed by atoms with Crippen LogP contribution in [0.5, 0.6) is 0 Å². The molecule has 0 bridgehead atoms. The van der Waals surface area contributed by atoms with Crippen molar-refractivity contribution in [3.05, 3.63) is 30.1 Å².